The number of pyridine rings is 1. The second-order valence-electron chi connectivity index (χ2n) is 11.4. The fourth-order valence-electron chi connectivity index (χ4n) is 5.68. The molecule has 13 heteroatoms. The standard InChI is InChI=1S/C29H40N6O6S/c1-19-9-12-25(30-18-19)33-28(38)27(37)31-23-11-10-21(29(39)34(2)3)17-24(23)32-26(36)20-13-15-35(16-14-20)42(40,41)22-7-5-4-6-8-22/h4-7,9,12,18,20-24H,8,10-11,13-17H2,1-3H3,(H,31,37)(H,32,36)(H,30,33,38)/t21-,22?,23-,24+/m0/s1. The molecule has 2 heterocycles. The van der Waals surface area contributed by atoms with E-state index in [1.165, 1.54) is 9.21 Å². The van der Waals surface area contributed by atoms with Gasteiger partial charge in [0.1, 0.15) is 5.82 Å². The number of nitrogens with one attached hydrogen (secondary N) is 3. The molecule has 1 unspecified atom stereocenters. The van der Waals surface area contributed by atoms with Crippen LogP contribution in [-0.4, -0.2) is 90.8 Å². The average molecular weight is 601 g/mol. The molecule has 3 N–H and O–H groups in total. The molecule has 4 atom stereocenters. The molecule has 0 spiro atoms. The first-order chi connectivity index (χ1) is 20.0. The van der Waals surface area contributed by atoms with Crippen molar-refractivity contribution in [3.05, 3.63) is 48.2 Å². The Morgan fingerprint density at radius 3 is 2.29 bits per heavy atom. The van der Waals surface area contributed by atoms with Crippen LogP contribution in [0.3, 0.4) is 0 Å². The lowest BCUT2D eigenvalue weighted by Crippen LogP contribution is -2.58. The first kappa shape index (κ1) is 31.4. The van der Waals surface area contributed by atoms with Gasteiger partial charge in [-0.05, 0) is 57.1 Å². The van der Waals surface area contributed by atoms with Gasteiger partial charge in [-0.25, -0.2) is 17.7 Å². The van der Waals surface area contributed by atoms with Crippen LogP contribution >= 0.6 is 0 Å². The highest BCUT2D eigenvalue weighted by atomic mass is 32.2. The third-order valence-electron chi connectivity index (χ3n) is 8.15. The van der Waals surface area contributed by atoms with Crippen LogP contribution in [0.2, 0.25) is 0 Å². The Kier molecular flexibility index (Phi) is 10.2. The molecule has 1 aromatic heterocycles. The summed E-state index contributed by atoms with van der Waals surface area (Å²) >= 11 is 0. The quantitative estimate of drug-likeness (QED) is 0.396. The van der Waals surface area contributed by atoms with E-state index in [0.29, 0.717) is 38.5 Å². The van der Waals surface area contributed by atoms with Crippen molar-refractivity contribution in [1.82, 2.24) is 24.8 Å². The summed E-state index contributed by atoms with van der Waals surface area (Å²) in [5, 5.41) is 7.65. The Balaban J connectivity index is 1.38. The van der Waals surface area contributed by atoms with Gasteiger partial charge in [-0.1, -0.05) is 30.4 Å². The predicted molar refractivity (Wildman–Crippen MR) is 157 cm³/mol. The van der Waals surface area contributed by atoms with Crippen LogP contribution < -0.4 is 16.0 Å². The van der Waals surface area contributed by atoms with Gasteiger partial charge in [0.25, 0.3) is 0 Å². The summed E-state index contributed by atoms with van der Waals surface area (Å²) in [6.45, 7) is 2.35. The Labute approximate surface area is 247 Å². The van der Waals surface area contributed by atoms with Crippen LogP contribution in [0.5, 0.6) is 0 Å². The first-order valence-corrected chi connectivity index (χ1v) is 15.8. The lowest BCUT2D eigenvalue weighted by Gasteiger charge is -2.38. The van der Waals surface area contributed by atoms with E-state index in [4.69, 9.17) is 0 Å². The van der Waals surface area contributed by atoms with Gasteiger partial charge in [0.2, 0.25) is 21.8 Å². The molecule has 228 valence electrons. The van der Waals surface area contributed by atoms with Crippen LogP contribution in [0, 0.1) is 18.8 Å². The zero-order valence-electron chi connectivity index (χ0n) is 24.3. The Morgan fingerprint density at radius 2 is 1.67 bits per heavy atom. The highest BCUT2D eigenvalue weighted by molar-refractivity contribution is 7.89. The number of allylic oxidation sites excluding steroid dienone is 3. The third-order valence-corrected chi connectivity index (χ3v) is 10.4. The van der Waals surface area contributed by atoms with Crippen molar-refractivity contribution in [1.29, 1.82) is 0 Å². The van der Waals surface area contributed by atoms with Gasteiger partial charge in [-0.15, -0.1) is 0 Å². The number of carbonyl (C=O) groups excluding carboxylic acids is 4. The Bertz CT molecular complexity index is 1330. The molecule has 4 rings (SSSR count). The number of rotatable bonds is 7. The molecular formula is C29H40N6O6S. The second kappa shape index (κ2) is 13.6. The van der Waals surface area contributed by atoms with E-state index in [1.807, 2.05) is 19.1 Å². The molecule has 0 aromatic carbocycles. The van der Waals surface area contributed by atoms with Crippen LogP contribution in [0.15, 0.2) is 42.6 Å². The van der Waals surface area contributed by atoms with E-state index in [0.717, 1.165) is 5.56 Å². The van der Waals surface area contributed by atoms with Crippen LogP contribution in [0.4, 0.5) is 5.82 Å². The smallest absolute Gasteiger partial charge is 0.314 e. The number of aromatic nitrogens is 1. The van der Waals surface area contributed by atoms with Gasteiger partial charge >= 0.3 is 11.8 Å². The highest BCUT2D eigenvalue weighted by Crippen LogP contribution is 2.28. The van der Waals surface area contributed by atoms with E-state index >= 15 is 0 Å². The number of piperidine rings is 1. The molecule has 0 radical (unpaired) electrons. The number of carbonyl (C=O) groups is 4. The monoisotopic (exact) mass is 600 g/mol. The zero-order chi connectivity index (χ0) is 30.4. The molecule has 4 amide bonds. The largest absolute Gasteiger partial charge is 0.351 e. The second-order valence-corrected chi connectivity index (χ2v) is 13.6. The molecule has 1 saturated carbocycles. The highest BCUT2D eigenvalue weighted by Gasteiger charge is 2.39. The minimum atomic E-state index is -3.51. The third kappa shape index (κ3) is 7.62. The molecule has 1 aliphatic heterocycles. The Hall–Kier alpha value is -3.58. The van der Waals surface area contributed by atoms with Gasteiger partial charge in [0.15, 0.2) is 0 Å². The molecule has 2 aliphatic carbocycles. The first-order valence-electron chi connectivity index (χ1n) is 14.3. The predicted octanol–water partition coefficient (Wildman–Crippen LogP) is 1.11. The average Bonchev–Trinajstić information content (AvgIpc) is 2.99. The van der Waals surface area contributed by atoms with Gasteiger partial charge in [0, 0.05) is 57.3 Å². The normalized spacial score (nSPS) is 24.9. The molecule has 1 aromatic rings. The lowest BCUT2D eigenvalue weighted by atomic mass is 9.81. The van der Waals surface area contributed by atoms with Gasteiger partial charge in [0.05, 0.1) is 5.25 Å². The summed E-state index contributed by atoms with van der Waals surface area (Å²) in [6.07, 6.45) is 11.0. The fourth-order valence-corrected chi connectivity index (χ4v) is 7.43. The number of hydrogen-bond donors (Lipinski definition) is 3. The topological polar surface area (TPSA) is 158 Å². The molecule has 1 saturated heterocycles. The van der Waals surface area contributed by atoms with E-state index in [1.54, 1.807) is 44.6 Å². The summed E-state index contributed by atoms with van der Waals surface area (Å²) in [5.41, 5.74) is 0.908. The Morgan fingerprint density at radius 1 is 0.929 bits per heavy atom. The maximum atomic E-state index is 13.4. The van der Waals surface area contributed by atoms with Crippen molar-refractivity contribution in [2.75, 3.05) is 32.5 Å². The van der Waals surface area contributed by atoms with Gasteiger partial charge < -0.3 is 20.9 Å². The van der Waals surface area contributed by atoms with Crippen molar-refractivity contribution in [3.8, 4) is 0 Å². The lowest BCUT2D eigenvalue weighted by molar-refractivity contribution is -0.138. The van der Waals surface area contributed by atoms with Crippen molar-refractivity contribution in [2.45, 2.75) is 62.8 Å². The maximum Gasteiger partial charge on any atom is 0.314 e. The summed E-state index contributed by atoms with van der Waals surface area (Å²) in [7, 11) is -0.160. The maximum absolute atomic E-state index is 13.4. The summed E-state index contributed by atoms with van der Waals surface area (Å²) in [4.78, 5) is 57.1. The summed E-state index contributed by atoms with van der Waals surface area (Å²) in [6, 6.07) is 2.23. The van der Waals surface area contributed by atoms with Crippen molar-refractivity contribution in [3.63, 3.8) is 0 Å². The van der Waals surface area contributed by atoms with Crippen molar-refractivity contribution < 1.29 is 27.6 Å². The van der Waals surface area contributed by atoms with Crippen molar-refractivity contribution in [2.24, 2.45) is 11.8 Å². The minimum absolute atomic E-state index is 0.0627. The molecular weight excluding hydrogens is 560 g/mol. The van der Waals surface area contributed by atoms with E-state index in [2.05, 4.69) is 20.9 Å². The minimum Gasteiger partial charge on any atom is -0.351 e. The number of nitrogens with zero attached hydrogens (tertiary/aromatic N) is 3. The number of anilines is 1. The van der Waals surface area contributed by atoms with E-state index < -0.39 is 45.1 Å². The van der Waals surface area contributed by atoms with Crippen molar-refractivity contribution >= 4 is 39.5 Å². The number of sulfonamides is 1. The van der Waals surface area contributed by atoms with Crippen LogP contribution in [0.1, 0.15) is 44.1 Å². The SMILES string of the molecule is Cc1ccc(NC(=O)C(=O)N[C@H]2CC[C@H](C(=O)N(C)C)C[C@H]2NC(=O)C2CCN(S(=O)(=O)C3C=CC=CC3)CC2)nc1. The molecule has 3 aliphatic rings. The van der Waals surface area contributed by atoms with Gasteiger partial charge in [-0.2, -0.15) is 0 Å². The number of aryl methyl sites for hydroxylation is 1. The van der Waals surface area contributed by atoms with Crippen LogP contribution in [0.25, 0.3) is 0 Å². The number of amides is 4. The zero-order valence-corrected chi connectivity index (χ0v) is 25.1. The summed E-state index contributed by atoms with van der Waals surface area (Å²) in [5.74, 6) is -2.54. The van der Waals surface area contributed by atoms with E-state index in [9.17, 15) is 27.6 Å². The number of hydrogen-bond acceptors (Lipinski definition) is 7. The van der Waals surface area contributed by atoms with Crippen LogP contribution in [-0.2, 0) is 29.2 Å². The molecule has 12 nitrogen and oxygen atoms in total. The fraction of sp³-hybridized carbons (Fsp3) is 0.552. The van der Waals surface area contributed by atoms with Gasteiger partial charge in [-0.3, -0.25) is 19.2 Å². The molecule has 42 heavy (non-hydrogen) atoms. The molecule has 2 fully saturated rings. The summed E-state index contributed by atoms with van der Waals surface area (Å²) < 4.78 is 27.6. The van der Waals surface area contributed by atoms with E-state index in [-0.39, 0.29) is 36.6 Å². The molecule has 0 bridgehead atoms.